The molecule has 0 saturated carbocycles. The Morgan fingerprint density at radius 2 is 1.70 bits per heavy atom. The second-order valence-corrected chi connectivity index (χ2v) is 7.75. The molecule has 0 spiro atoms. The van der Waals surface area contributed by atoms with Crippen LogP contribution in [0.15, 0.2) is 54.6 Å². The molecule has 160 valence electrons. The molecule has 30 heavy (non-hydrogen) atoms. The molecule has 0 aromatic heterocycles. The highest BCUT2D eigenvalue weighted by Crippen LogP contribution is 2.26. The summed E-state index contributed by atoms with van der Waals surface area (Å²) >= 11 is 0. The van der Waals surface area contributed by atoms with Crippen molar-refractivity contribution in [1.82, 2.24) is 10.2 Å². The molecule has 0 saturated heterocycles. The molecule has 0 fully saturated rings. The van der Waals surface area contributed by atoms with Crippen LogP contribution < -0.4 is 16.0 Å². The first-order valence-corrected chi connectivity index (χ1v) is 10.8. The Balaban J connectivity index is 1.40. The fourth-order valence-corrected chi connectivity index (χ4v) is 3.62. The molecule has 6 heteroatoms. The first-order chi connectivity index (χ1) is 14.7. The minimum atomic E-state index is -0.543. The van der Waals surface area contributed by atoms with Gasteiger partial charge in [-0.2, -0.15) is 0 Å². The van der Waals surface area contributed by atoms with Gasteiger partial charge in [0, 0.05) is 19.6 Å². The fourth-order valence-electron chi connectivity index (χ4n) is 3.62. The van der Waals surface area contributed by atoms with Crippen LogP contribution in [0.5, 0.6) is 0 Å². The van der Waals surface area contributed by atoms with Crippen LogP contribution >= 0.6 is 0 Å². The van der Waals surface area contributed by atoms with Gasteiger partial charge in [0.1, 0.15) is 6.04 Å². The topological polar surface area (TPSA) is 73.5 Å². The van der Waals surface area contributed by atoms with E-state index < -0.39 is 6.04 Å². The van der Waals surface area contributed by atoms with Gasteiger partial charge in [-0.1, -0.05) is 55.8 Å². The molecule has 2 amide bonds. The zero-order valence-electron chi connectivity index (χ0n) is 17.7. The lowest BCUT2D eigenvalue weighted by Gasteiger charge is -2.26. The second kappa shape index (κ2) is 11.4. The third-order valence-corrected chi connectivity index (χ3v) is 5.27. The molecule has 3 N–H and O–H groups in total. The summed E-state index contributed by atoms with van der Waals surface area (Å²) in [5, 5.41) is 8.97. The van der Waals surface area contributed by atoms with Gasteiger partial charge in [-0.25, -0.2) is 0 Å². The van der Waals surface area contributed by atoms with Gasteiger partial charge < -0.3 is 16.0 Å². The predicted molar refractivity (Wildman–Crippen MR) is 121 cm³/mol. The largest absolute Gasteiger partial charge is 0.372 e. The SMILES string of the molecule is CCCCN(CCCNC(=O)CC1Nc2ccccc2NC1=O)Cc1ccccc1. The second-order valence-electron chi connectivity index (χ2n) is 7.75. The van der Waals surface area contributed by atoms with Crippen molar-refractivity contribution in [3.8, 4) is 0 Å². The molecule has 6 nitrogen and oxygen atoms in total. The summed E-state index contributed by atoms with van der Waals surface area (Å²) in [6.07, 6.45) is 3.35. The maximum atomic E-state index is 12.3. The van der Waals surface area contributed by atoms with Crippen molar-refractivity contribution in [2.75, 3.05) is 30.3 Å². The van der Waals surface area contributed by atoms with Crippen LogP contribution in [0.25, 0.3) is 0 Å². The molecular weight excluding hydrogens is 376 g/mol. The smallest absolute Gasteiger partial charge is 0.247 e. The van der Waals surface area contributed by atoms with Crippen molar-refractivity contribution in [3.05, 3.63) is 60.2 Å². The van der Waals surface area contributed by atoms with E-state index in [0.717, 1.165) is 37.4 Å². The summed E-state index contributed by atoms with van der Waals surface area (Å²) < 4.78 is 0. The number of carbonyl (C=O) groups excluding carboxylic acids is 2. The number of hydrogen-bond donors (Lipinski definition) is 3. The van der Waals surface area contributed by atoms with E-state index in [1.54, 1.807) is 0 Å². The van der Waals surface area contributed by atoms with Crippen molar-refractivity contribution < 1.29 is 9.59 Å². The zero-order valence-corrected chi connectivity index (χ0v) is 17.7. The molecule has 1 heterocycles. The lowest BCUT2D eigenvalue weighted by molar-refractivity contribution is -0.125. The van der Waals surface area contributed by atoms with Crippen LogP contribution in [0.3, 0.4) is 0 Å². The van der Waals surface area contributed by atoms with Crippen LogP contribution in [0.2, 0.25) is 0 Å². The van der Waals surface area contributed by atoms with E-state index >= 15 is 0 Å². The molecule has 1 atom stereocenters. The standard InChI is InChI=1S/C24H32N4O2/c1-2-3-15-28(18-19-10-5-4-6-11-19)16-9-14-25-23(29)17-22-24(30)27-21-13-8-7-12-20(21)26-22/h4-8,10-13,22,26H,2-3,9,14-18H2,1H3,(H,25,29)(H,27,30). The summed E-state index contributed by atoms with van der Waals surface area (Å²) in [5.41, 5.74) is 2.92. The number of amides is 2. The summed E-state index contributed by atoms with van der Waals surface area (Å²) in [5.74, 6) is -0.275. The van der Waals surface area contributed by atoms with E-state index in [9.17, 15) is 9.59 Å². The molecule has 1 unspecified atom stereocenters. The minimum Gasteiger partial charge on any atom is -0.372 e. The van der Waals surface area contributed by atoms with Crippen molar-refractivity contribution in [2.24, 2.45) is 0 Å². The Labute approximate surface area is 179 Å². The van der Waals surface area contributed by atoms with E-state index in [1.807, 2.05) is 30.3 Å². The van der Waals surface area contributed by atoms with Crippen LogP contribution in [0.1, 0.15) is 38.2 Å². The number of nitrogens with zero attached hydrogens (tertiary/aromatic N) is 1. The normalized spacial score (nSPS) is 15.3. The third-order valence-electron chi connectivity index (χ3n) is 5.27. The Morgan fingerprint density at radius 1 is 1.00 bits per heavy atom. The van der Waals surface area contributed by atoms with Crippen molar-refractivity contribution in [2.45, 2.75) is 45.2 Å². The molecule has 3 rings (SSSR count). The zero-order chi connectivity index (χ0) is 21.2. The third kappa shape index (κ3) is 6.59. The lowest BCUT2D eigenvalue weighted by Crippen LogP contribution is -2.42. The number of benzene rings is 2. The number of fused-ring (bicyclic) bond motifs is 1. The Bertz CT molecular complexity index is 825. The van der Waals surface area contributed by atoms with Gasteiger partial charge in [0.15, 0.2) is 0 Å². The highest BCUT2D eigenvalue weighted by molar-refractivity contribution is 6.04. The molecule has 0 radical (unpaired) electrons. The maximum absolute atomic E-state index is 12.3. The van der Waals surface area contributed by atoms with E-state index in [-0.39, 0.29) is 18.2 Å². The van der Waals surface area contributed by atoms with E-state index in [0.29, 0.717) is 6.54 Å². The van der Waals surface area contributed by atoms with Gasteiger partial charge in [-0.15, -0.1) is 0 Å². The molecule has 1 aliphatic rings. The fraction of sp³-hybridized carbons (Fsp3) is 0.417. The van der Waals surface area contributed by atoms with Gasteiger partial charge in [0.25, 0.3) is 0 Å². The summed E-state index contributed by atoms with van der Waals surface area (Å²) in [6, 6.07) is 17.5. The van der Waals surface area contributed by atoms with Crippen LogP contribution in [-0.4, -0.2) is 42.4 Å². The lowest BCUT2D eigenvalue weighted by atomic mass is 10.1. The van der Waals surface area contributed by atoms with E-state index in [2.05, 4.69) is 52.0 Å². The van der Waals surface area contributed by atoms with Crippen LogP contribution in [-0.2, 0) is 16.1 Å². The molecule has 1 aliphatic heterocycles. The van der Waals surface area contributed by atoms with Crippen molar-refractivity contribution in [1.29, 1.82) is 0 Å². The van der Waals surface area contributed by atoms with Gasteiger partial charge in [-0.05, 0) is 37.1 Å². The quantitative estimate of drug-likeness (QED) is 0.497. The molecule has 0 aliphatic carbocycles. The summed E-state index contributed by atoms with van der Waals surface area (Å²) in [4.78, 5) is 27.0. The molecule has 2 aromatic carbocycles. The number of rotatable bonds is 11. The Morgan fingerprint density at radius 3 is 2.47 bits per heavy atom. The number of anilines is 2. The minimum absolute atomic E-state index is 0.106. The number of hydrogen-bond acceptors (Lipinski definition) is 4. The molecule has 2 aromatic rings. The van der Waals surface area contributed by atoms with Gasteiger partial charge in [0.2, 0.25) is 11.8 Å². The van der Waals surface area contributed by atoms with Crippen molar-refractivity contribution >= 4 is 23.2 Å². The van der Waals surface area contributed by atoms with Crippen molar-refractivity contribution in [3.63, 3.8) is 0 Å². The number of unbranched alkanes of at least 4 members (excludes halogenated alkanes) is 1. The van der Waals surface area contributed by atoms with Gasteiger partial charge in [0.05, 0.1) is 17.8 Å². The monoisotopic (exact) mass is 408 g/mol. The van der Waals surface area contributed by atoms with Gasteiger partial charge >= 0.3 is 0 Å². The highest BCUT2D eigenvalue weighted by Gasteiger charge is 2.27. The predicted octanol–water partition coefficient (Wildman–Crippen LogP) is 3.62. The molecule has 0 bridgehead atoms. The average Bonchev–Trinajstić information content (AvgIpc) is 2.76. The van der Waals surface area contributed by atoms with Crippen LogP contribution in [0.4, 0.5) is 11.4 Å². The van der Waals surface area contributed by atoms with Crippen LogP contribution in [0, 0.1) is 0 Å². The number of carbonyl (C=O) groups is 2. The Kier molecular flexibility index (Phi) is 8.27. The van der Waals surface area contributed by atoms with E-state index in [1.165, 1.54) is 18.4 Å². The first-order valence-electron chi connectivity index (χ1n) is 10.8. The highest BCUT2D eigenvalue weighted by atomic mass is 16.2. The summed E-state index contributed by atoms with van der Waals surface area (Å²) in [7, 11) is 0. The van der Waals surface area contributed by atoms with E-state index in [4.69, 9.17) is 0 Å². The Hall–Kier alpha value is -2.86. The average molecular weight is 409 g/mol. The van der Waals surface area contributed by atoms with Gasteiger partial charge in [-0.3, -0.25) is 14.5 Å². The molecular formula is C24H32N4O2. The number of nitrogens with one attached hydrogen (secondary N) is 3. The first kappa shape index (κ1) is 21.8. The summed E-state index contributed by atoms with van der Waals surface area (Å²) in [6.45, 7) is 5.74. The maximum Gasteiger partial charge on any atom is 0.247 e. The number of para-hydroxylation sites is 2.